The van der Waals surface area contributed by atoms with Crippen molar-refractivity contribution in [2.45, 2.75) is 4.90 Å². The summed E-state index contributed by atoms with van der Waals surface area (Å²) < 4.78 is 32.3. The average Bonchev–Trinajstić information content (AvgIpc) is 2.55. The molecule has 2 aromatic rings. The topological polar surface area (TPSA) is 91.7 Å². The van der Waals surface area contributed by atoms with Gasteiger partial charge in [-0.2, -0.15) is 0 Å². The van der Waals surface area contributed by atoms with Crippen LogP contribution in [-0.4, -0.2) is 52.6 Å². The summed E-state index contributed by atoms with van der Waals surface area (Å²) in [6.07, 6.45) is 0. The Hall–Kier alpha value is -1.16. The summed E-state index contributed by atoms with van der Waals surface area (Å²) in [6, 6.07) is 7.28. The van der Waals surface area contributed by atoms with E-state index in [2.05, 4.69) is 14.9 Å². The van der Waals surface area contributed by atoms with E-state index in [1.807, 2.05) is 0 Å². The lowest BCUT2D eigenvalue weighted by molar-refractivity contribution is 0.245. The van der Waals surface area contributed by atoms with E-state index in [9.17, 15) is 13.2 Å². The molecule has 1 fully saturated rings. The lowest BCUT2D eigenvalue weighted by atomic mass is 10.2. The van der Waals surface area contributed by atoms with Gasteiger partial charge in [0, 0.05) is 50.7 Å². The third kappa shape index (κ3) is 5.67. The van der Waals surface area contributed by atoms with Crippen LogP contribution in [0.5, 0.6) is 0 Å². The molecule has 7 nitrogen and oxygen atoms in total. The van der Waals surface area contributed by atoms with Gasteiger partial charge in [0.25, 0.3) is 0 Å². The fourth-order valence-electron chi connectivity index (χ4n) is 2.57. The van der Waals surface area contributed by atoms with Crippen LogP contribution in [0.4, 0.5) is 0 Å². The zero-order valence-electron chi connectivity index (χ0n) is 13.4. The van der Waals surface area contributed by atoms with Gasteiger partial charge in [-0.25, -0.2) is 17.9 Å². The lowest BCUT2D eigenvalue weighted by Gasteiger charge is -2.27. The maximum Gasteiger partial charge on any atom is 0.336 e. The summed E-state index contributed by atoms with van der Waals surface area (Å²) in [5.41, 5.74) is -0.0838. The number of sulfonamides is 1. The molecule has 0 saturated carbocycles. The monoisotopic (exact) mass is 409 g/mol. The molecular weight excluding hydrogens is 389 g/mol. The van der Waals surface area contributed by atoms with E-state index in [0.717, 1.165) is 26.2 Å². The predicted molar refractivity (Wildman–Crippen MR) is 101 cm³/mol. The largest absolute Gasteiger partial charge is 0.423 e. The van der Waals surface area contributed by atoms with Crippen molar-refractivity contribution in [2.24, 2.45) is 0 Å². The first-order valence-electron chi connectivity index (χ1n) is 7.51. The van der Waals surface area contributed by atoms with Crippen molar-refractivity contribution in [3.8, 4) is 0 Å². The van der Waals surface area contributed by atoms with Gasteiger partial charge < -0.3 is 9.73 Å². The summed E-state index contributed by atoms with van der Waals surface area (Å²) in [5, 5.41) is 3.84. The van der Waals surface area contributed by atoms with Crippen molar-refractivity contribution in [3.05, 3.63) is 40.8 Å². The number of halogens is 2. The Morgan fingerprint density at radius 1 is 1.12 bits per heavy atom. The van der Waals surface area contributed by atoms with E-state index in [-0.39, 0.29) is 29.7 Å². The molecule has 140 valence electrons. The van der Waals surface area contributed by atoms with E-state index >= 15 is 0 Å². The van der Waals surface area contributed by atoms with Crippen LogP contribution in [0.2, 0.25) is 0 Å². The number of nitrogens with zero attached hydrogens (tertiary/aromatic N) is 1. The maximum atomic E-state index is 12.4. The van der Waals surface area contributed by atoms with Crippen molar-refractivity contribution in [2.75, 3.05) is 39.3 Å². The highest BCUT2D eigenvalue weighted by atomic mass is 35.5. The van der Waals surface area contributed by atoms with Gasteiger partial charge in [0.1, 0.15) is 5.58 Å². The molecule has 1 aromatic carbocycles. The quantitative estimate of drug-likeness (QED) is 0.710. The Labute approximate surface area is 158 Å². The number of fused-ring (bicyclic) bond motifs is 1. The molecular formula is C15H21Cl2N3O4S. The van der Waals surface area contributed by atoms with Crippen LogP contribution in [0.15, 0.2) is 44.4 Å². The summed E-state index contributed by atoms with van der Waals surface area (Å²) in [6.45, 7) is 4.77. The Morgan fingerprint density at radius 2 is 1.84 bits per heavy atom. The van der Waals surface area contributed by atoms with E-state index in [1.165, 1.54) is 24.3 Å². The molecule has 0 aliphatic carbocycles. The van der Waals surface area contributed by atoms with Crippen molar-refractivity contribution < 1.29 is 12.8 Å². The Bertz CT molecular complexity index is 851. The van der Waals surface area contributed by atoms with Crippen LogP contribution >= 0.6 is 24.8 Å². The fourth-order valence-corrected chi connectivity index (χ4v) is 3.63. The van der Waals surface area contributed by atoms with Crippen LogP contribution in [0.3, 0.4) is 0 Å². The first kappa shape index (κ1) is 21.9. The molecule has 0 atom stereocenters. The minimum atomic E-state index is -3.57. The van der Waals surface area contributed by atoms with Crippen molar-refractivity contribution in [1.82, 2.24) is 14.9 Å². The van der Waals surface area contributed by atoms with Crippen LogP contribution < -0.4 is 15.7 Å². The summed E-state index contributed by atoms with van der Waals surface area (Å²) >= 11 is 0. The molecule has 1 aliphatic rings. The first-order chi connectivity index (χ1) is 11.0. The van der Waals surface area contributed by atoms with Crippen LogP contribution in [-0.2, 0) is 10.0 Å². The average molecular weight is 410 g/mol. The Kier molecular flexibility index (Phi) is 8.33. The molecule has 2 N–H and O–H groups in total. The van der Waals surface area contributed by atoms with E-state index in [0.29, 0.717) is 24.1 Å². The predicted octanol–water partition coefficient (Wildman–Crippen LogP) is 0.820. The molecule has 0 unspecified atom stereocenters. The summed E-state index contributed by atoms with van der Waals surface area (Å²) in [7, 11) is -3.57. The van der Waals surface area contributed by atoms with Crippen LogP contribution in [0.25, 0.3) is 11.0 Å². The first-order valence-corrected chi connectivity index (χ1v) is 9.00. The number of hydrogen-bond acceptors (Lipinski definition) is 6. The normalized spacial score (nSPS) is 15.4. The molecule has 0 bridgehead atoms. The second-order valence-electron chi connectivity index (χ2n) is 5.44. The highest BCUT2D eigenvalue weighted by Gasteiger charge is 2.16. The highest BCUT2D eigenvalue weighted by molar-refractivity contribution is 7.89. The number of benzene rings is 1. The van der Waals surface area contributed by atoms with Crippen molar-refractivity contribution in [3.63, 3.8) is 0 Å². The third-order valence-electron chi connectivity index (χ3n) is 3.83. The summed E-state index contributed by atoms with van der Waals surface area (Å²) in [5.74, 6) is 0. The minimum absolute atomic E-state index is 0. The highest BCUT2D eigenvalue weighted by Crippen LogP contribution is 2.17. The van der Waals surface area contributed by atoms with Gasteiger partial charge in [0.05, 0.1) is 4.90 Å². The van der Waals surface area contributed by atoms with Gasteiger partial charge in [-0.1, -0.05) is 0 Å². The number of hydrogen-bond donors (Lipinski definition) is 2. The molecule has 0 spiro atoms. The second kappa shape index (κ2) is 9.51. The van der Waals surface area contributed by atoms with Gasteiger partial charge >= 0.3 is 5.63 Å². The molecule has 3 rings (SSSR count). The SMILES string of the molecule is Cl.Cl.O=c1ccc2cc(S(=O)(=O)NCCN3CCNCC3)ccc2o1. The lowest BCUT2D eigenvalue weighted by Crippen LogP contribution is -2.46. The third-order valence-corrected chi connectivity index (χ3v) is 5.29. The van der Waals surface area contributed by atoms with Gasteiger partial charge in [-0.05, 0) is 24.3 Å². The Balaban J connectivity index is 0.00000156. The second-order valence-corrected chi connectivity index (χ2v) is 7.21. The molecule has 0 radical (unpaired) electrons. The van der Waals surface area contributed by atoms with Gasteiger partial charge in [0.15, 0.2) is 0 Å². The zero-order chi connectivity index (χ0) is 16.3. The van der Waals surface area contributed by atoms with E-state index in [4.69, 9.17) is 4.42 Å². The van der Waals surface area contributed by atoms with Gasteiger partial charge in [-0.3, -0.25) is 4.90 Å². The maximum absolute atomic E-state index is 12.4. The van der Waals surface area contributed by atoms with Crippen molar-refractivity contribution >= 4 is 45.8 Å². The van der Waals surface area contributed by atoms with E-state index < -0.39 is 15.6 Å². The van der Waals surface area contributed by atoms with Crippen LogP contribution in [0, 0.1) is 0 Å². The standard InChI is InChI=1S/C15H19N3O4S.2ClH/c19-15-4-1-12-11-13(2-3-14(12)22-15)23(20,21)17-7-10-18-8-5-16-6-9-18;;/h1-4,11,16-17H,5-10H2;2*1H. The fraction of sp³-hybridized carbons (Fsp3) is 0.400. The van der Waals surface area contributed by atoms with Crippen LogP contribution in [0.1, 0.15) is 0 Å². The summed E-state index contributed by atoms with van der Waals surface area (Å²) in [4.78, 5) is 13.5. The molecule has 10 heteroatoms. The van der Waals surface area contributed by atoms with Gasteiger partial charge in [0.2, 0.25) is 10.0 Å². The van der Waals surface area contributed by atoms with Crippen molar-refractivity contribution in [1.29, 1.82) is 0 Å². The Morgan fingerprint density at radius 3 is 2.56 bits per heavy atom. The number of piperazine rings is 1. The number of rotatable bonds is 5. The molecule has 1 aliphatic heterocycles. The van der Waals surface area contributed by atoms with E-state index in [1.54, 1.807) is 6.07 Å². The minimum Gasteiger partial charge on any atom is -0.423 e. The zero-order valence-corrected chi connectivity index (χ0v) is 15.9. The van der Waals surface area contributed by atoms with Gasteiger partial charge in [-0.15, -0.1) is 24.8 Å². The smallest absolute Gasteiger partial charge is 0.336 e. The molecule has 0 amide bonds. The molecule has 1 saturated heterocycles. The number of nitrogens with one attached hydrogen (secondary N) is 2. The molecule has 2 heterocycles. The molecule has 25 heavy (non-hydrogen) atoms. The molecule has 1 aromatic heterocycles.